The molecule has 8 heteroatoms. The van der Waals surface area contributed by atoms with Crippen molar-refractivity contribution in [1.29, 1.82) is 0 Å². The standard InChI is InChI=1S/C23H19Cl2NO5/c24-18-9-7-14(11-19(18)25)22(28)30-16-8-6-13-10-17(23(29)31-20(13)12-16)21(27)26-15-4-2-1-3-5-15/h6-12,15H,1-5H2,(H,26,27). The summed E-state index contributed by atoms with van der Waals surface area (Å²) in [6.45, 7) is 0. The fourth-order valence-electron chi connectivity index (χ4n) is 3.61. The molecule has 0 unspecified atom stereocenters. The Bertz CT molecular complexity index is 1210. The van der Waals surface area contributed by atoms with Gasteiger partial charge in [0.1, 0.15) is 16.9 Å². The lowest BCUT2D eigenvalue weighted by Crippen LogP contribution is -2.38. The minimum atomic E-state index is -0.742. The molecule has 4 rings (SSSR count). The third kappa shape index (κ3) is 4.92. The quantitative estimate of drug-likeness (QED) is 0.321. The largest absolute Gasteiger partial charge is 0.423 e. The highest BCUT2D eigenvalue weighted by molar-refractivity contribution is 6.42. The predicted molar refractivity (Wildman–Crippen MR) is 118 cm³/mol. The van der Waals surface area contributed by atoms with Crippen LogP contribution in [-0.4, -0.2) is 17.9 Å². The van der Waals surface area contributed by atoms with Gasteiger partial charge in [0, 0.05) is 17.5 Å². The lowest BCUT2D eigenvalue weighted by molar-refractivity contribution is 0.0734. The first-order valence-corrected chi connectivity index (χ1v) is 10.7. The van der Waals surface area contributed by atoms with Crippen molar-refractivity contribution in [2.24, 2.45) is 0 Å². The van der Waals surface area contributed by atoms with Crippen molar-refractivity contribution in [2.45, 2.75) is 38.1 Å². The van der Waals surface area contributed by atoms with Gasteiger partial charge in [-0.05, 0) is 49.2 Å². The average Bonchev–Trinajstić information content (AvgIpc) is 2.75. The van der Waals surface area contributed by atoms with Crippen LogP contribution < -0.4 is 15.7 Å². The van der Waals surface area contributed by atoms with E-state index in [-0.39, 0.29) is 33.5 Å². The SMILES string of the molecule is O=C(Oc1ccc2cc(C(=O)NC3CCCCC3)c(=O)oc2c1)c1ccc(Cl)c(Cl)c1. The van der Waals surface area contributed by atoms with E-state index in [2.05, 4.69) is 5.32 Å². The minimum absolute atomic E-state index is 0.0429. The van der Waals surface area contributed by atoms with Crippen LogP contribution in [0.2, 0.25) is 10.0 Å². The number of halogens is 2. The molecule has 0 spiro atoms. The molecule has 160 valence electrons. The highest BCUT2D eigenvalue weighted by atomic mass is 35.5. The van der Waals surface area contributed by atoms with E-state index in [1.165, 1.54) is 36.8 Å². The van der Waals surface area contributed by atoms with Crippen LogP contribution in [0, 0.1) is 0 Å². The van der Waals surface area contributed by atoms with Gasteiger partial charge in [0.05, 0.1) is 15.6 Å². The highest BCUT2D eigenvalue weighted by Crippen LogP contribution is 2.25. The number of esters is 1. The molecule has 0 aliphatic heterocycles. The second kappa shape index (κ2) is 9.12. The molecule has 0 bridgehead atoms. The molecule has 31 heavy (non-hydrogen) atoms. The van der Waals surface area contributed by atoms with Gasteiger partial charge in [-0.3, -0.25) is 4.79 Å². The summed E-state index contributed by atoms with van der Waals surface area (Å²) in [5.41, 5.74) is -0.350. The monoisotopic (exact) mass is 459 g/mol. The second-order valence-electron chi connectivity index (χ2n) is 7.47. The topological polar surface area (TPSA) is 85.6 Å². The molecule has 1 amide bonds. The molecule has 1 aromatic heterocycles. The molecular formula is C23H19Cl2NO5. The summed E-state index contributed by atoms with van der Waals surface area (Å²) in [7, 11) is 0. The van der Waals surface area contributed by atoms with E-state index in [9.17, 15) is 14.4 Å². The first-order valence-electron chi connectivity index (χ1n) is 9.97. The molecule has 1 aliphatic rings. The molecular weight excluding hydrogens is 441 g/mol. The summed E-state index contributed by atoms with van der Waals surface area (Å²) in [5, 5.41) is 4.02. The van der Waals surface area contributed by atoms with Gasteiger partial charge in [-0.25, -0.2) is 9.59 Å². The second-order valence-corrected chi connectivity index (χ2v) is 8.29. The van der Waals surface area contributed by atoms with E-state index < -0.39 is 17.5 Å². The van der Waals surface area contributed by atoms with Gasteiger partial charge in [-0.2, -0.15) is 0 Å². The zero-order valence-corrected chi connectivity index (χ0v) is 18.0. The van der Waals surface area contributed by atoms with Gasteiger partial charge < -0.3 is 14.5 Å². The van der Waals surface area contributed by atoms with Crippen LogP contribution >= 0.6 is 23.2 Å². The molecule has 0 radical (unpaired) electrons. The van der Waals surface area contributed by atoms with E-state index in [0.717, 1.165) is 25.7 Å². The highest BCUT2D eigenvalue weighted by Gasteiger charge is 2.20. The maximum Gasteiger partial charge on any atom is 0.349 e. The van der Waals surface area contributed by atoms with Crippen LogP contribution in [0.3, 0.4) is 0 Å². The Labute approximate surface area is 188 Å². The van der Waals surface area contributed by atoms with Gasteiger partial charge in [0.25, 0.3) is 5.91 Å². The van der Waals surface area contributed by atoms with Gasteiger partial charge in [-0.15, -0.1) is 0 Å². The van der Waals surface area contributed by atoms with Crippen LogP contribution in [0.15, 0.2) is 51.7 Å². The fraction of sp³-hybridized carbons (Fsp3) is 0.261. The maximum atomic E-state index is 12.5. The Kier molecular flexibility index (Phi) is 6.30. The van der Waals surface area contributed by atoms with E-state index >= 15 is 0 Å². The van der Waals surface area contributed by atoms with Crippen molar-refractivity contribution >= 4 is 46.0 Å². The molecule has 1 heterocycles. The molecule has 1 N–H and O–H groups in total. The Morgan fingerprint density at radius 2 is 1.74 bits per heavy atom. The van der Waals surface area contributed by atoms with Crippen molar-refractivity contribution < 1.29 is 18.7 Å². The van der Waals surface area contributed by atoms with Crippen LogP contribution in [-0.2, 0) is 0 Å². The number of hydrogen-bond donors (Lipinski definition) is 1. The van der Waals surface area contributed by atoms with Gasteiger partial charge in [0.15, 0.2) is 0 Å². The summed E-state index contributed by atoms with van der Waals surface area (Å²) in [6, 6.07) is 10.6. The summed E-state index contributed by atoms with van der Waals surface area (Å²) in [5.74, 6) is -0.882. The Morgan fingerprint density at radius 3 is 2.48 bits per heavy atom. The molecule has 3 aromatic rings. The zero-order chi connectivity index (χ0) is 22.0. The van der Waals surface area contributed by atoms with Crippen molar-refractivity contribution in [2.75, 3.05) is 0 Å². The summed E-state index contributed by atoms with van der Waals surface area (Å²) in [4.78, 5) is 37.3. The zero-order valence-electron chi connectivity index (χ0n) is 16.5. The van der Waals surface area contributed by atoms with E-state index in [1.807, 2.05) is 0 Å². The number of hydrogen-bond acceptors (Lipinski definition) is 5. The molecule has 2 aromatic carbocycles. The lowest BCUT2D eigenvalue weighted by atomic mass is 9.95. The normalized spacial score (nSPS) is 14.4. The van der Waals surface area contributed by atoms with Crippen molar-refractivity contribution in [3.05, 3.63) is 74.1 Å². The smallest absolute Gasteiger partial charge is 0.349 e. The Hall–Kier alpha value is -2.83. The third-order valence-electron chi connectivity index (χ3n) is 5.26. The number of fused-ring (bicyclic) bond motifs is 1. The number of benzene rings is 2. The van der Waals surface area contributed by atoms with Gasteiger partial charge in [0.2, 0.25) is 0 Å². The molecule has 6 nitrogen and oxygen atoms in total. The fourth-order valence-corrected chi connectivity index (χ4v) is 3.91. The number of ether oxygens (including phenoxy) is 1. The molecule has 1 saturated carbocycles. The molecule has 1 fully saturated rings. The van der Waals surface area contributed by atoms with Gasteiger partial charge >= 0.3 is 11.6 Å². The van der Waals surface area contributed by atoms with E-state index in [1.54, 1.807) is 12.1 Å². The Morgan fingerprint density at radius 1 is 0.968 bits per heavy atom. The predicted octanol–water partition coefficient (Wildman–Crippen LogP) is 5.38. The first-order chi connectivity index (χ1) is 14.9. The molecule has 0 atom stereocenters. The van der Waals surface area contributed by atoms with Crippen LogP contribution in [0.4, 0.5) is 0 Å². The van der Waals surface area contributed by atoms with E-state index in [4.69, 9.17) is 32.4 Å². The number of carbonyl (C=O) groups excluding carboxylic acids is 2. The number of rotatable bonds is 4. The minimum Gasteiger partial charge on any atom is -0.423 e. The summed E-state index contributed by atoms with van der Waals surface area (Å²) < 4.78 is 10.7. The van der Waals surface area contributed by atoms with Crippen molar-refractivity contribution in [1.82, 2.24) is 5.32 Å². The third-order valence-corrected chi connectivity index (χ3v) is 6.00. The van der Waals surface area contributed by atoms with E-state index in [0.29, 0.717) is 10.4 Å². The summed E-state index contributed by atoms with van der Waals surface area (Å²) in [6.07, 6.45) is 5.14. The number of carbonyl (C=O) groups is 2. The van der Waals surface area contributed by atoms with Crippen LogP contribution in [0.5, 0.6) is 5.75 Å². The van der Waals surface area contributed by atoms with Crippen molar-refractivity contribution in [3.63, 3.8) is 0 Å². The Balaban J connectivity index is 1.53. The number of nitrogens with one attached hydrogen (secondary N) is 1. The van der Waals surface area contributed by atoms with Crippen molar-refractivity contribution in [3.8, 4) is 5.75 Å². The molecule has 1 aliphatic carbocycles. The average molecular weight is 460 g/mol. The number of amides is 1. The first kappa shape index (κ1) is 21.4. The maximum absolute atomic E-state index is 12.5. The van der Waals surface area contributed by atoms with Crippen LogP contribution in [0.1, 0.15) is 52.8 Å². The molecule has 0 saturated heterocycles. The summed E-state index contributed by atoms with van der Waals surface area (Å²) >= 11 is 11.8. The lowest BCUT2D eigenvalue weighted by Gasteiger charge is -2.22. The van der Waals surface area contributed by atoms with Gasteiger partial charge in [-0.1, -0.05) is 42.5 Å². The van der Waals surface area contributed by atoms with Crippen LogP contribution in [0.25, 0.3) is 11.0 Å².